The first-order valence-corrected chi connectivity index (χ1v) is 7.84. The number of amides is 1. The number of likely N-dealkylation sites (tertiary alicyclic amines) is 1. The van der Waals surface area contributed by atoms with Crippen molar-refractivity contribution in [1.82, 2.24) is 14.5 Å². The Bertz CT molecular complexity index is 668. The molecule has 3 rings (SSSR count). The number of carbonyl (C=O) groups is 1. The Morgan fingerprint density at radius 3 is 2.75 bits per heavy atom. The van der Waals surface area contributed by atoms with Gasteiger partial charge in [-0.3, -0.25) is 14.2 Å². The molecule has 106 valence electrons. The van der Waals surface area contributed by atoms with Gasteiger partial charge >= 0.3 is 0 Å². The summed E-state index contributed by atoms with van der Waals surface area (Å²) in [4.78, 5) is 30.6. The van der Waals surface area contributed by atoms with Gasteiger partial charge in [-0.15, -0.1) is 11.3 Å². The molecule has 0 unspecified atom stereocenters. The van der Waals surface area contributed by atoms with Crippen LogP contribution in [0.3, 0.4) is 0 Å². The number of fused-ring (bicyclic) bond motifs is 1. The third-order valence-corrected chi connectivity index (χ3v) is 4.59. The zero-order chi connectivity index (χ0) is 13.9. The molecular weight excluding hydrogens is 274 g/mol. The van der Waals surface area contributed by atoms with Crippen LogP contribution in [0.2, 0.25) is 0 Å². The second-order valence-electron chi connectivity index (χ2n) is 5.11. The normalized spacial score (nSPS) is 16.3. The quantitative estimate of drug-likeness (QED) is 0.848. The molecule has 5 nitrogen and oxygen atoms in total. The van der Waals surface area contributed by atoms with Crippen molar-refractivity contribution in [3.63, 3.8) is 0 Å². The van der Waals surface area contributed by atoms with Crippen molar-refractivity contribution in [3.8, 4) is 0 Å². The summed E-state index contributed by atoms with van der Waals surface area (Å²) >= 11 is 1.37. The maximum absolute atomic E-state index is 12.3. The van der Waals surface area contributed by atoms with E-state index in [1.54, 1.807) is 0 Å². The lowest BCUT2D eigenvalue weighted by molar-refractivity contribution is -0.131. The predicted octanol–water partition coefficient (Wildman–Crippen LogP) is 1.86. The number of rotatable bonds is 2. The molecule has 2 aromatic rings. The summed E-state index contributed by atoms with van der Waals surface area (Å²) in [6.07, 6.45) is 5.97. The Kier molecular flexibility index (Phi) is 3.82. The van der Waals surface area contributed by atoms with Gasteiger partial charge in [0.15, 0.2) is 0 Å². The van der Waals surface area contributed by atoms with Crippen LogP contribution in [0, 0.1) is 0 Å². The first-order valence-electron chi connectivity index (χ1n) is 6.96. The van der Waals surface area contributed by atoms with Crippen LogP contribution in [0.4, 0.5) is 0 Å². The SMILES string of the molecule is O=C(Cn1cnc2ccsc2c1=O)N1CCCCCC1. The maximum Gasteiger partial charge on any atom is 0.271 e. The average Bonchev–Trinajstić information content (AvgIpc) is 2.76. The lowest BCUT2D eigenvalue weighted by Crippen LogP contribution is -2.37. The minimum absolute atomic E-state index is 0.0201. The first kappa shape index (κ1) is 13.3. The van der Waals surface area contributed by atoms with Crippen LogP contribution in [0.15, 0.2) is 22.6 Å². The molecule has 0 N–H and O–H groups in total. The minimum atomic E-state index is -0.117. The van der Waals surface area contributed by atoms with Gasteiger partial charge in [0.1, 0.15) is 11.2 Å². The molecular formula is C14H17N3O2S. The summed E-state index contributed by atoms with van der Waals surface area (Å²) in [5.74, 6) is 0.0201. The van der Waals surface area contributed by atoms with Crippen LogP contribution < -0.4 is 5.56 Å². The third kappa shape index (κ3) is 2.60. The molecule has 0 saturated carbocycles. The summed E-state index contributed by atoms with van der Waals surface area (Å²) in [6, 6.07) is 1.82. The van der Waals surface area contributed by atoms with Crippen molar-refractivity contribution in [1.29, 1.82) is 0 Å². The van der Waals surface area contributed by atoms with Crippen molar-refractivity contribution in [3.05, 3.63) is 28.1 Å². The van der Waals surface area contributed by atoms with Crippen molar-refractivity contribution >= 4 is 27.5 Å². The van der Waals surface area contributed by atoms with Gasteiger partial charge in [0, 0.05) is 13.1 Å². The van der Waals surface area contributed by atoms with Crippen LogP contribution >= 0.6 is 11.3 Å². The van der Waals surface area contributed by atoms with Crippen molar-refractivity contribution in [2.75, 3.05) is 13.1 Å². The zero-order valence-corrected chi connectivity index (χ0v) is 12.1. The summed E-state index contributed by atoms with van der Waals surface area (Å²) in [7, 11) is 0. The standard InChI is InChI=1S/C14H17N3O2S/c18-12(16-6-3-1-2-4-7-16)9-17-10-15-11-5-8-20-13(11)14(17)19/h5,8,10H,1-4,6-7,9H2. The molecule has 0 atom stereocenters. The fourth-order valence-electron chi connectivity index (χ4n) is 2.56. The Balaban J connectivity index is 1.79. The second-order valence-corrected chi connectivity index (χ2v) is 6.02. The molecule has 6 heteroatoms. The third-order valence-electron chi connectivity index (χ3n) is 3.70. The summed E-state index contributed by atoms with van der Waals surface area (Å²) < 4.78 is 2.04. The molecule has 1 saturated heterocycles. The maximum atomic E-state index is 12.3. The van der Waals surface area contributed by atoms with Crippen molar-refractivity contribution in [2.24, 2.45) is 0 Å². The zero-order valence-electron chi connectivity index (χ0n) is 11.2. The van der Waals surface area contributed by atoms with Gasteiger partial charge in [-0.2, -0.15) is 0 Å². The van der Waals surface area contributed by atoms with E-state index in [0.717, 1.165) is 25.9 Å². The Hall–Kier alpha value is -1.69. The molecule has 0 spiro atoms. The van der Waals surface area contributed by atoms with Crippen molar-refractivity contribution < 1.29 is 4.79 Å². The molecule has 3 heterocycles. The van der Waals surface area contributed by atoms with Crippen molar-refractivity contribution in [2.45, 2.75) is 32.2 Å². The molecule has 0 aliphatic carbocycles. The highest BCUT2D eigenvalue weighted by molar-refractivity contribution is 7.17. The molecule has 0 radical (unpaired) electrons. The minimum Gasteiger partial charge on any atom is -0.341 e. The largest absolute Gasteiger partial charge is 0.341 e. The fraction of sp³-hybridized carbons (Fsp3) is 0.500. The number of nitrogens with zero attached hydrogens (tertiary/aromatic N) is 3. The summed E-state index contributed by atoms with van der Waals surface area (Å²) in [5.41, 5.74) is 0.589. The van der Waals surface area contributed by atoms with Crippen LogP contribution in [0.25, 0.3) is 10.2 Å². The Morgan fingerprint density at radius 2 is 2.00 bits per heavy atom. The van der Waals surface area contributed by atoms with E-state index in [9.17, 15) is 9.59 Å². The topological polar surface area (TPSA) is 55.2 Å². The van der Waals surface area contributed by atoms with Crippen LogP contribution in [0.1, 0.15) is 25.7 Å². The number of aromatic nitrogens is 2. The molecule has 1 aliphatic heterocycles. The number of carbonyl (C=O) groups excluding carboxylic acids is 1. The van der Waals surface area contributed by atoms with E-state index < -0.39 is 0 Å². The Labute approximate surface area is 120 Å². The van der Waals surface area contributed by atoms with Crippen LogP contribution in [0.5, 0.6) is 0 Å². The molecule has 2 aromatic heterocycles. The van der Waals surface area contributed by atoms with Gasteiger partial charge in [-0.25, -0.2) is 4.98 Å². The highest BCUT2D eigenvalue weighted by atomic mass is 32.1. The van der Waals surface area contributed by atoms with E-state index in [1.807, 2.05) is 16.3 Å². The molecule has 20 heavy (non-hydrogen) atoms. The number of hydrogen-bond acceptors (Lipinski definition) is 4. The van der Waals surface area contributed by atoms with E-state index in [1.165, 1.54) is 35.1 Å². The van der Waals surface area contributed by atoms with E-state index in [4.69, 9.17) is 0 Å². The van der Waals surface area contributed by atoms with E-state index in [2.05, 4.69) is 4.98 Å². The van der Waals surface area contributed by atoms with Crippen LogP contribution in [-0.2, 0) is 11.3 Å². The van der Waals surface area contributed by atoms with Gasteiger partial charge in [0.25, 0.3) is 5.56 Å². The number of hydrogen-bond donors (Lipinski definition) is 0. The summed E-state index contributed by atoms with van der Waals surface area (Å²) in [6.45, 7) is 1.71. The average molecular weight is 291 g/mol. The van der Waals surface area contributed by atoms with Gasteiger partial charge in [-0.05, 0) is 24.3 Å². The highest BCUT2D eigenvalue weighted by Crippen LogP contribution is 2.14. The molecule has 1 amide bonds. The smallest absolute Gasteiger partial charge is 0.271 e. The molecule has 0 bridgehead atoms. The van der Waals surface area contributed by atoms with E-state index >= 15 is 0 Å². The van der Waals surface area contributed by atoms with E-state index in [0.29, 0.717) is 10.2 Å². The van der Waals surface area contributed by atoms with E-state index in [-0.39, 0.29) is 18.0 Å². The number of thiophene rings is 1. The predicted molar refractivity (Wildman–Crippen MR) is 78.9 cm³/mol. The Morgan fingerprint density at radius 1 is 1.25 bits per heavy atom. The van der Waals surface area contributed by atoms with Crippen LogP contribution in [-0.4, -0.2) is 33.4 Å². The second kappa shape index (κ2) is 5.75. The monoisotopic (exact) mass is 291 g/mol. The lowest BCUT2D eigenvalue weighted by atomic mass is 10.2. The van der Waals surface area contributed by atoms with Gasteiger partial charge < -0.3 is 4.90 Å². The molecule has 0 aromatic carbocycles. The highest BCUT2D eigenvalue weighted by Gasteiger charge is 2.17. The fourth-order valence-corrected chi connectivity index (χ4v) is 3.35. The summed E-state index contributed by atoms with van der Waals surface area (Å²) in [5, 5.41) is 1.85. The van der Waals surface area contributed by atoms with Gasteiger partial charge in [0.2, 0.25) is 5.91 Å². The first-order chi connectivity index (χ1) is 9.75. The van der Waals surface area contributed by atoms with Gasteiger partial charge in [-0.1, -0.05) is 12.8 Å². The molecule has 1 fully saturated rings. The lowest BCUT2D eigenvalue weighted by Gasteiger charge is -2.20. The van der Waals surface area contributed by atoms with Gasteiger partial charge in [0.05, 0.1) is 11.8 Å². The molecule has 1 aliphatic rings.